The van der Waals surface area contributed by atoms with Gasteiger partial charge < -0.3 is 15.5 Å². The molecule has 0 fully saturated rings. The summed E-state index contributed by atoms with van der Waals surface area (Å²) in [5, 5.41) is 5.36. The van der Waals surface area contributed by atoms with E-state index in [0.717, 1.165) is 11.1 Å². The van der Waals surface area contributed by atoms with Gasteiger partial charge in [-0.2, -0.15) is 0 Å². The molecule has 0 aliphatic carbocycles. The molecule has 5 nitrogen and oxygen atoms in total. The standard InChI is InChI=1S/C20H25N3O2/c1-15-9-11-17(12-10-15)13-21-20(25)22-14-19(24)23(3)16(2)18-7-5-4-6-8-18/h4-12,16H,13-14H2,1-3H3,(H2,21,22,25)/t16-/m0/s1. The van der Waals surface area contributed by atoms with Crippen LogP contribution in [0.5, 0.6) is 0 Å². The van der Waals surface area contributed by atoms with Crippen LogP contribution in [0.2, 0.25) is 0 Å². The largest absolute Gasteiger partial charge is 0.337 e. The minimum absolute atomic E-state index is 0.0343. The summed E-state index contributed by atoms with van der Waals surface area (Å²) in [6.07, 6.45) is 0. The molecule has 0 aliphatic heterocycles. The summed E-state index contributed by atoms with van der Waals surface area (Å²) in [4.78, 5) is 25.7. The third-order valence-electron chi connectivity index (χ3n) is 4.23. The van der Waals surface area contributed by atoms with Gasteiger partial charge in [-0.25, -0.2) is 4.79 Å². The fourth-order valence-electron chi connectivity index (χ4n) is 2.40. The highest BCUT2D eigenvalue weighted by molar-refractivity contribution is 5.84. The molecule has 0 bridgehead atoms. The molecule has 2 aromatic carbocycles. The molecule has 0 aromatic heterocycles. The molecule has 25 heavy (non-hydrogen) atoms. The van der Waals surface area contributed by atoms with Crippen molar-refractivity contribution in [3.63, 3.8) is 0 Å². The average Bonchev–Trinajstić information content (AvgIpc) is 2.65. The number of rotatable bonds is 6. The average molecular weight is 339 g/mol. The molecule has 5 heteroatoms. The first kappa shape index (κ1) is 18.5. The van der Waals surface area contributed by atoms with E-state index in [1.54, 1.807) is 11.9 Å². The van der Waals surface area contributed by atoms with E-state index in [-0.39, 0.29) is 24.5 Å². The Morgan fingerprint density at radius 1 is 1.00 bits per heavy atom. The van der Waals surface area contributed by atoms with E-state index in [4.69, 9.17) is 0 Å². The zero-order valence-corrected chi connectivity index (χ0v) is 15.0. The molecule has 0 aliphatic rings. The number of carbonyl (C=O) groups excluding carboxylic acids is 2. The quantitative estimate of drug-likeness (QED) is 0.850. The number of nitrogens with zero attached hydrogens (tertiary/aromatic N) is 1. The minimum Gasteiger partial charge on any atom is -0.337 e. The fraction of sp³-hybridized carbons (Fsp3) is 0.300. The number of hydrogen-bond acceptors (Lipinski definition) is 2. The molecular weight excluding hydrogens is 314 g/mol. The van der Waals surface area contributed by atoms with Gasteiger partial charge in [0.05, 0.1) is 12.6 Å². The van der Waals surface area contributed by atoms with Crippen LogP contribution in [-0.2, 0) is 11.3 Å². The first-order valence-electron chi connectivity index (χ1n) is 8.35. The predicted molar refractivity (Wildman–Crippen MR) is 99.0 cm³/mol. The summed E-state index contributed by atoms with van der Waals surface area (Å²) < 4.78 is 0. The van der Waals surface area contributed by atoms with Crippen LogP contribution in [0.4, 0.5) is 4.79 Å². The lowest BCUT2D eigenvalue weighted by atomic mass is 10.1. The summed E-state index contributed by atoms with van der Waals surface area (Å²) in [5.41, 5.74) is 3.25. The Morgan fingerprint density at radius 2 is 1.64 bits per heavy atom. The maximum absolute atomic E-state index is 12.3. The number of urea groups is 1. The lowest BCUT2D eigenvalue weighted by molar-refractivity contribution is -0.130. The molecule has 2 rings (SSSR count). The molecule has 0 saturated carbocycles. The zero-order chi connectivity index (χ0) is 18.2. The van der Waals surface area contributed by atoms with E-state index in [1.807, 2.05) is 68.4 Å². The summed E-state index contributed by atoms with van der Waals surface area (Å²) in [6.45, 7) is 4.37. The van der Waals surface area contributed by atoms with Crippen molar-refractivity contribution in [1.29, 1.82) is 0 Å². The molecule has 3 amide bonds. The highest BCUT2D eigenvalue weighted by Gasteiger charge is 2.17. The Balaban J connectivity index is 1.76. The zero-order valence-electron chi connectivity index (χ0n) is 15.0. The molecule has 132 valence electrons. The van der Waals surface area contributed by atoms with Crippen LogP contribution < -0.4 is 10.6 Å². The van der Waals surface area contributed by atoms with Crippen LogP contribution in [0, 0.1) is 6.92 Å². The van der Waals surface area contributed by atoms with E-state index >= 15 is 0 Å². The van der Waals surface area contributed by atoms with Crippen LogP contribution in [0.25, 0.3) is 0 Å². The van der Waals surface area contributed by atoms with E-state index < -0.39 is 0 Å². The van der Waals surface area contributed by atoms with Gasteiger partial charge in [0.1, 0.15) is 0 Å². The molecule has 0 heterocycles. The van der Waals surface area contributed by atoms with Crippen LogP contribution in [0.1, 0.15) is 29.7 Å². The van der Waals surface area contributed by atoms with Crippen LogP contribution in [0.3, 0.4) is 0 Å². The summed E-state index contributed by atoms with van der Waals surface area (Å²) in [7, 11) is 1.74. The topological polar surface area (TPSA) is 61.4 Å². The van der Waals surface area contributed by atoms with Gasteiger partial charge in [-0.3, -0.25) is 4.79 Å². The lowest BCUT2D eigenvalue weighted by Crippen LogP contribution is -2.43. The molecule has 1 atom stereocenters. The van der Waals surface area contributed by atoms with Gasteiger partial charge in [-0.05, 0) is 25.0 Å². The van der Waals surface area contributed by atoms with Gasteiger partial charge in [0.25, 0.3) is 0 Å². The number of carbonyl (C=O) groups is 2. The Kier molecular flexibility index (Phi) is 6.57. The molecule has 0 spiro atoms. The van der Waals surface area contributed by atoms with Crippen LogP contribution >= 0.6 is 0 Å². The first-order valence-corrected chi connectivity index (χ1v) is 8.35. The van der Waals surface area contributed by atoms with E-state index in [0.29, 0.717) is 6.54 Å². The second-order valence-electron chi connectivity index (χ2n) is 6.11. The van der Waals surface area contributed by atoms with Crippen molar-refractivity contribution >= 4 is 11.9 Å². The lowest BCUT2D eigenvalue weighted by Gasteiger charge is -2.25. The van der Waals surface area contributed by atoms with Gasteiger partial charge in [-0.15, -0.1) is 0 Å². The van der Waals surface area contributed by atoms with Gasteiger partial charge in [0, 0.05) is 13.6 Å². The Hall–Kier alpha value is -2.82. The smallest absolute Gasteiger partial charge is 0.315 e. The van der Waals surface area contributed by atoms with Gasteiger partial charge >= 0.3 is 6.03 Å². The monoisotopic (exact) mass is 339 g/mol. The Labute approximate surface area is 149 Å². The minimum atomic E-state index is -0.352. The van der Waals surface area contributed by atoms with Crippen molar-refractivity contribution in [3.8, 4) is 0 Å². The molecule has 0 radical (unpaired) electrons. The third-order valence-corrected chi connectivity index (χ3v) is 4.23. The second-order valence-corrected chi connectivity index (χ2v) is 6.11. The second kappa shape index (κ2) is 8.87. The molecular formula is C20H25N3O2. The molecule has 0 saturated heterocycles. The molecule has 2 N–H and O–H groups in total. The van der Waals surface area contributed by atoms with E-state index in [2.05, 4.69) is 10.6 Å². The SMILES string of the molecule is Cc1ccc(CNC(=O)NCC(=O)N(C)[C@@H](C)c2ccccc2)cc1. The van der Waals surface area contributed by atoms with Crippen molar-refractivity contribution < 1.29 is 9.59 Å². The van der Waals surface area contributed by atoms with Crippen LogP contribution in [-0.4, -0.2) is 30.4 Å². The number of benzene rings is 2. The Bertz CT molecular complexity index is 699. The highest BCUT2D eigenvalue weighted by Crippen LogP contribution is 2.17. The fourth-order valence-corrected chi connectivity index (χ4v) is 2.40. The number of hydrogen-bond donors (Lipinski definition) is 2. The predicted octanol–water partition coefficient (Wildman–Crippen LogP) is 3.01. The number of nitrogens with one attached hydrogen (secondary N) is 2. The summed E-state index contributed by atoms with van der Waals surface area (Å²) >= 11 is 0. The summed E-state index contributed by atoms with van der Waals surface area (Å²) in [5.74, 6) is -0.137. The number of aryl methyl sites for hydroxylation is 1. The van der Waals surface area contributed by atoms with Crippen molar-refractivity contribution in [2.24, 2.45) is 0 Å². The van der Waals surface area contributed by atoms with Crippen molar-refractivity contribution in [2.75, 3.05) is 13.6 Å². The van der Waals surface area contributed by atoms with Crippen molar-refractivity contribution in [1.82, 2.24) is 15.5 Å². The van der Waals surface area contributed by atoms with E-state index in [1.165, 1.54) is 5.56 Å². The maximum Gasteiger partial charge on any atom is 0.315 e. The van der Waals surface area contributed by atoms with E-state index in [9.17, 15) is 9.59 Å². The van der Waals surface area contributed by atoms with Gasteiger partial charge in [-0.1, -0.05) is 60.2 Å². The van der Waals surface area contributed by atoms with Crippen LogP contribution in [0.15, 0.2) is 54.6 Å². The van der Waals surface area contributed by atoms with Gasteiger partial charge in [0.15, 0.2) is 0 Å². The summed E-state index contributed by atoms with van der Waals surface area (Å²) in [6, 6.07) is 17.3. The number of likely N-dealkylation sites (N-methyl/N-ethyl adjacent to an activating group) is 1. The Morgan fingerprint density at radius 3 is 2.28 bits per heavy atom. The molecule has 2 aromatic rings. The third kappa shape index (κ3) is 5.64. The van der Waals surface area contributed by atoms with Gasteiger partial charge in [0.2, 0.25) is 5.91 Å². The van der Waals surface area contributed by atoms with Crippen molar-refractivity contribution in [3.05, 3.63) is 71.3 Å². The maximum atomic E-state index is 12.3. The highest BCUT2D eigenvalue weighted by atomic mass is 16.2. The van der Waals surface area contributed by atoms with Crippen molar-refractivity contribution in [2.45, 2.75) is 26.4 Å². The number of amides is 3. The normalized spacial score (nSPS) is 11.5. The molecule has 0 unspecified atom stereocenters. The first-order chi connectivity index (χ1) is 12.0.